The van der Waals surface area contributed by atoms with Crippen molar-refractivity contribution in [1.29, 1.82) is 0 Å². The normalized spacial score (nSPS) is 12.9. The largest absolute Gasteiger partial charge is 0.389 e. The Balaban J connectivity index is 3.08. The van der Waals surface area contributed by atoms with Crippen LogP contribution < -0.4 is 5.32 Å². The van der Waals surface area contributed by atoms with Crippen molar-refractivity contribution in [3.63, 3.8) is 0 Å². The first-order valence-electron chi connectivity index (χ1n) is 6.26. The Kier molecular flexibility index (Phi) is 12.8. The number of aliphatic hydroxyl groups is 1. The van der Waals surface area contributed by atoms with Crippen molar-refractivity contribution in [1.82, 2.24) is 5.32 Å². The number of aliphatic hydroxyl groups excluding tert-OH is 1. The summed E-state index contributed by atoms with van der Waals surface area (Å²) in [7, 11) is 1.64. The Morgan fingerprint density at radius 2 is 2.00 bits per heavy atom. The molecule has 0 heterocycles. The molecule has 0 aliphatic rings. The molecule has 0 aromatic heterocycles. The Bertz CT molecular complexity index is 133. The van der Waals surface area contributed by atoms with Gasteiger partial charge in [0.15, 0.2) is 0 Å². The quantitative estimate of drug-likeness (QED) is 0.497. The first kappa shape index (κ1) is 15.8. The average molecular weight is 233 g/mol. The highest BCUT2D eigenvalue weighted by molar-refractivity contribution is 4.58. The molecule has 0 amide bonds. The highest BCUT2D eigenvalue weighted by atomic mass is 16.5. The van der Waals surface area contributed by atoms with Gasteiger partial charge in [0.2, 0.25) is 0 Å². The summed E-state index contributed by atoms with van der Waals surface area (Å²) < 4.78 is 10.1. The van der Waals surface area contributed by atoms with Crippen LogP contribution in [-0.4, -0.2) is 51.2 Å². The van der Waals surface area contributed by atoms with E-state index in [0.29, 0.717) is 26.4 Å². The average Bonchev–Trinajstić information content (AvgIpc) is 2.29. The molecule has 0 aromatic carbocycles. The van der Waals surface area contributed by atoms with Crippen LogP contribution in [0.3, 0.4) is 0 Å². The number of hydrogen-bond donors (Lipinski definition) is 2. The minimum absolute atomic E-state index is 0.380. The third kappa shape index (κ3) is 11.9. The lowest BCUT2D eigenvalue weighted by Gasteiger charge is -2.12. The van der Waals surface area contributed by atoms with Gasteiger partial charge in [0, 0.05) is 13.7 Å². The molecule has 4 nitrogen and oxygen atoms in total. The van der Waals surface area contributed by atoms with E-state index in [0.717, 1.165) is 6.54 Å². The maximum Gasteiger partial charge on any atom is 0.0897 e. The Morgan fingerprint density at radius 1 is 1.19 bits per heavy atom. The van der Waals surface area contributed by atoms with Gasteiger partial charge in [-0.2, -0.15) is 0 Å². The number of unbranched alkanes of at least 4 members (excludes halogenated alkanes) is 3. The second-order valence-electron chi connectivity index (χ2n) is 3.99. The fourth-order valence-electron chi connectivity index (χ4n) is 1.37. The van der Waals surface area contributed by atoms with E-state index in [1.807, 2.05) is 0 Å². The lowest BCUT2D eigenvalue weighted by atomic mass is 10.2. The molecule has 98 valence electrons. The smallest absolute Gasteiger partial charge is 0.0897 e. The monoisotopic (exact) mass is 233 g/mol. The lowest BCUT2D eigenvalue weighted by Crippen LogP contribution is -2.31. The molecule has 1 unspecified atom stereocenters. The highest BCUT2D eigenvalue weighted by Crippen LogP contribution is 1.96. The minimum atomic E-state index is -0.414. The van der Waals surface area contributed by atoms with Crippen LogP contribution in [-0.2, 0) is 9.47 Å². The zero-order valence-corrected chi connectivity index (χ0v) is 10.7. The summed E-state index contributed by atoms with van der Waals surface area (Å²) >= 11 is 0. The van der Waals surface area contributed by atoms with Gasteiger partial charge >= 0.3 is 0 Å². The SMILES string of the molecule is CCCCCCNCC(O)COCCOC. The van der Waals surface area contributed by atoms with Crippen LogP contribution in [0.2, 0.25) is 0 Å². The van der Waals surface area contributed by atoms with E-state index >= 15 is 0 Å². The molecule has 0 aliphatic heterocycles. The molecule has 16 heavy (non-hydrogen) atoms. The fourth-order valence-corrected chi connectivity index (χ4v) is 1.37. The van der Waals surface area contributed by atoms with Crippen LogP contribution in [0, 0.1) is 0 Å². The van der Waals surface area contributed by atoms with Crippen LogP contribution in [0.4, 0.5) is 0 Å². The van der Waals surface area contributed by atoms with Crippen molar-refractivity contribution in [3.05, 3.63) is 0 Å². The summed E-state index contributed by atoms with van der Waals surface area (Å²) in [4.78, 5) is 0. The van der Waals surface area contributed by atoms with Gasteiger partial charge in [0.1, 0.15) is 0 Å². The van der Waals surface area contributed by atoms with Gasteiger partial charge in [-0.1, -0.05) is 26.2 Å². The van der Waals surface area contributed by atoms with Crippen LogP contribution in [0.25, 0.3) is 0 Å². The van der Waals surface area contributed by atoms with Gasteiger partial charge in [0.05, 0.1) is 25.9 Å². The standard InChI is InChI=1S/C12H27NO3/c1-3-4-5-6-7-13-10-12(14)11-16-9-8-15-2/h12-14H,3-11H2,1-2H3. The molecule has 0 aliphatic carbocycles. The van der Waals surface area contributed by atoms with Crippen molar-refractivity contribution in [3.8, 4) is 0 Å². The first-order valence-corrected chi connectivity index (χ1v) is 6.26. The molecule has 0 rings (SSSR count). The van der Waals surface area contributed by atoms with E-state index in [1.54, 1.807) is 7.11 Å². The van der Waals surface area contributed by atoms with Crippen LogP contribution in [0.15, 0.2) is 0 Å². The zero-order chi connectivity index (χ0) is 12.1. The summed E-state index contributed by atoms with van der Waals surface area (Å²) in [5.41, 5.74) is 0. The summed E-state index contributed by atoms with van der Waals surface area (Å²) in [6.07, 6.45) is 4.60. The molecule has 1 atom stereocenters. The molecule has 0 radical (unpaired) electrons. The molecule has 0 saturated heterocycles. The molecular weight excluding hydrogens is 206 g/mol. The van der Waals surface area contributed by atoms with Gasteiger partial charge in [-0.25, -0.2) is 0 Å². The molecule has 0 aromatic rings. The maximum atomic E-state index is 9.52. The summed E-state index contributed by atoms with van der Waals surface area (Å²) in [5.74, 6) is 0. The van der Waals surface area contributed by atoms with Gasteiger partial charge in [0.25, 0.3) is 0 Å². The molecule has 0 spiro atoms. The van der Waals surface area contributed by atoms with Crippen LogP contribution >= 0.6 is 0 Å². The van der Waals surface area contributed by atoms with Crippen molar-refractivity contribution < 1.29 is 14.6 Å². The lowest BCUT2D eigenvalue weighted by molar-refractivity contribution is 0.0138. The summed E-state index contributed by atoms with van der Waals surface area (Å²) in [6.45, 7) is 5.30. The van der Waals surface area contributed by atoms with E-state index in [1.165, 1.54) is 25.7 Å². The van der Waals surface area contributed by atoms with Crippen molar-refractivity contribution in [2.45, 2.75) is 38.7 Å². The molecule has 0 fully saturated rings. The van der Waals surface area contributed by atoms with Crippen LogP contribution in [0.5, 0.6) is 0 Å². The minimum Gasteiger partial charge on any atom is -0.389 e. The molecule has 0 bridgehead atoms. The predicted molar refractivity (Wildman–Crippen MR) is 65.7 cm³/mol. The third-order valence-corrected chi connectivity index (χ3v) is 2.33. The molecule has 2 N–H and O–H groups in total. The maximum absolute atomic E-state index is 9.52. The number of methoxy groups -OCH3 is 1. The third-order valence-electron chi connectivity index (χ3n) is 2.33. The van der Waals surface area contributed by atoms with Gasteiger partial charge in [-0.3, -0.25) is 0 Å². The Labute approximate surface area is 99.3 Å². The Morgan fingerprint density at radius 3 is 2.69 bits per heavy atom. The van der Waals surface area contributed by atoms with Gasteiger partial charge in [-0.15, -0.1) is 0 Å². The molecule has 0 saturated carbocycles. The molecule has 4 heteroatoms. The number of ether oxygens (including phenoxy) is 2. The van der Waals surface area contributed by atoms with Gasteiger partial charge in [-0.05, 0) is 13.0 Å². The predicted octanol–water partition coefficient (Wildman–Crippen LogP) is 1.18. The van der Waals surface area contributed by atoms with Gasteiger partial charge < -0.3 is 19.9 Å². The summed E-state index contributed by atoms with van der Waals surface area (Å²) in [5, 5.41) is 12.7. The van der Waals surface area contributed by atoms with E-state index in [-0.39, 0.29) is 0 Å². The van der Waals surface area contributed by atoms with E-state index in [9.17, 15) is 5.11 Å². The second kappa shape index (κ2) is 12.9. The number of hydrogen-bond acceptors (Lipinski definition) is 4. The fraction of sp³-hybridized carbons (Fsp3) is 1.00. The van der Waals surface area contributed by atoms with E-state index in [4.69, 9.17) is 9.47 Å². The number of nitrogens with one attached hydrogen (secondary N) is 1. The first-order chi connectivity index (χ1) is 7.81. The summed E-state index contributed by atoms with van der Waals surface area (Å²) in [6, 6.07) is 0. The van der Waals surface area contributed by atoms with Crippen LogP contribution in [0.1, 0.15) is 32.6 Å². The van der Waals surface area contributed by atoms with E-state index in [2.05, 4.69) is 12.2 Å². The second-order valence-corrected chi connectivity index (χ2v) is 3.99. The zero-order valence-electron chi connectivity index (χ0n) is 10.7. The van der Waals surface area contributed by atoms with Crippen molar-refractivity contribution in [2.75, 3.05) is 40.0 Å². The highest BCUT2D eigenvalue weighted by Gasteiger charge is 2.02. The molecular formula is C12H27NO3. The van der Waals surface area contributed by atoms with Crippen molar-refractivity contribution >= 4 is 0 Å². The number of rotatable bonds is 12. The topological polar surface area (TPSA) is 50.7 Å². The van der Waals surface area contributed by atoms with E-state index < -0.39 is 6.10 Å². The Hall–Kier alpha value is -0.160. The van der Waals surface area contributed by atoms with Crippen molar-refractivity contribution in [2.24, 2.45) is 0 Å².